The summed E-state index contributed by atoms with van der Waals surface area (Å²) >= 11 is 6.04. The number of halogens is 1. The van der Waals surface area contributed by atoms with Crippen LogP contribution in [-0.2, 0) is 14.3 Å². The molecule has 32 heavy (non-hydrogen) atoms. The molecule has 1 heterocycles. The van der Waals surface area contributed by atoms with Gasteiger partial charge in [0.2, 0.25) is 0 Å². The first-order valence-corrected chi connectivity index (χ1v) is 11.0. The molecule has 1 N–H and O–H groups in total. The van der Waals surface area contributed by atoms with Crippen molar-refractivity contribution in [3.63, 3.8) is 0 Å². The molecule has 1 unspecified atom stereocenters. The molecule has 3 rings (SSSR count). The fourth-order valence-corrected chi connectivity index (χ4v) is 3.76. The van der Waals surface area contributed by atoms with Crippen molar-refractivity contribution in [2.24, 2.45) is 5.92 Å². The standard InChI is InChI=1S/C25H28ClNO5/c1-16(2)15-32-20-7-4-6-18(14-20)23(28)21-22(17-8-10-19(26)11-9-17)27(12-5-13-31-3)25(30)24(21)29/h4,6-11,14,16,22,28H,5,12-13,15H2,1-3H3/b23-21-. The number of aliphatic hydroxyl groups excluding tert-OH is 1. The maximum absolute atomic E-state index is 13.0. The number of hydrogen-bond acceptors (Lipinski definition) is 5. The molecule has 1 aliphatic heterocycles. The van der Waals surface area contributed by atoms with Gasteiger partial charge in [0, 0.05) is 30.8 Å². The number of hydrogen-bond donors (Lipinski definition) is 1. The molecule has 2 aromatic carbocycles. The second-order valence-corrected chi connectivity index (χ2v) is 8.56. The number of aliphatic hydroxyl groups is 1. The molecular weight excluding hydrogens is 430 g/mol. The Morgan fingerprint density at radius 2 is 1.88 bits per heavy atom. The number of methoxy groups -OCH3 is 1. The van der Waals surface area contributed by atoms with E-state index in [2.05, 4.69) is 0 Å². The second-order valence-electron chi connectivity index (χ2n) is 8.12. The number of Topliss-reactive ketones (excluding diaryl/α,β-unsaturated/α-hetero) is 1. The molecule has 1 amide bonds. The topological polar surface area (TPSA) is 76.1 Å². The first kappa shape index (κ1) is 23.8. The van der Waals surface area contributed by atoms with Gasteiger partial charge < -0.3 is 19.5 Å². The summed E-state index contributed by atoms with van der Waals surface area (Å²) in [5.41, 5.74) is 1.16. The van der Waals surface area contributed by atoms with Crippen LogP contribution in [0.3, 0.4) is 0 Å². The zero-order valence-electron chi connectivity index (χ0n) is 18.5. The molecule has 2 aromatic rings. The molecule has 0 spiro atoms. The lowest BCUT2D eigenvalue weighted by molar-refractivity contribution is -0.140. The van der Waals surface area contributed by atoms with Gasteiger partial charge in [-0.15, -0.1) is 0 Å². The maximum atomic E-state index is 13.0. The third kappa shape index (κ3) is 5.31. The Morgan fingerprint density at radius 3 is 2.53 bits per heavy atom. The van der Waals surface area contributed by atoms with Crippen LogP contribution in [0.5, 0.6) is 5.75 Å². The van der Waals surface area contributed by atoms with Crippen molar-refractivity contribution in [1.29, 1.82) is 0 Å². The third-order valence-electron chi connectivity index (χ3n) is 5.16. The highest BCUT2D eigenvalue weighted by atomic mass is 35.5. The first-order valence-electron chi connectivity index (χ1n) is 10.6. The van der Waals surface area contributed by atoms with Crippen LogP contribution in [0.15, 0.2) is 54.1 Å². The van der Waals surface area contributed by atoms with E-state index < -0.39 is 17.7 Å². The van der Waals surface area contributed by atoms with Crippen LogP contribution in [0.1, 0.15) is 37.4 Å². The summed E-state index contributed by atoms with van der Waals surface area (Å²) in [5, 5.41) is 11.7. The lowest BCUT2D eigenvalue weighted by Gasteiger charge is -2.25. The van der Waals surface area contributed by atoms with Crippen LogP contribution in [0.2, 0.25) is 5.02 Å². The quantitative estimate of drug-likeness (QED) is 0.252. The molecule has 0 radical (unpaired) electrons. The lowest BCUT2D eigenvalue weighted by Crippen LogP contribution is -2.31. The summed E-state index contributed by atoms with van der Waals surface area (Å²) in [5.74, 6) is -0.662. The number of carbonyl (C=O) groups is 2. The summed E-state index contributed by atoms with van der Waals surface area (Å²) < 4.78 is 10.9. The highest BCUT2D eigenvalue weighted by Gasteiger charge is 2.45. The van der Waals surface area contributed by atoms with Gasteiger partial charge in [-0.2, -0.15) is 0 Å². The molecule has 0 aliphatic carbocycles. The van der Waals surface area contributed by atoms with E-state index in [1.807, 2.05) is 13.8 Å². The van der Waals surface area contributed by atoms with Crippen LogP contribution >= 0.6 is 11.6 Å². The minimum Gasteiger partial charge on any atom is -0.507 e. The number of carbonyl (C=O) groups excluding carboxylic acids is 2. The lowest BCUT2D eigenvalue weighted by atomic mass is 9.95. The molecule has 1 saturated heterocycles. The second kappa shape index (κ2) is 10.7. The van der Waals surface area contributed by atoms with Crippen LogP contribution in [0.4, 0.5) is 0 Å². The van der Waals surface area contributed by atoms with E-state index in [0.717, 1.165) is 0 Å². The third-order valence-corrected chi connectivity index (χ3v) is 5.42. The van der Waals surface area contributed by atoms with Crippen LogP contribution < -0.4 is 4.74 Å². The smallest absolute Gasteiger partial charge is 0.295 e. The van der Waals surface area contributed by atoms with E-state index in [1.54, 1.807) is 55.6 Å². The highest BCUT2D eigenvalue weighted by Crippen LogP contribution is 2.40. The van der Waals surface area contributed by atoms with Gasteiger partial charge in [0.15, 0.2) is 0 Å². The van der Waals surface area contributed by atoms with Gasteiger partial charge >= 0.3 is 0 Å². The average Bonchev–Trinajstić information content (AvgIpc) is 3.03. The SMILES string of the molecule is COCCCN1C(=O)C(=O)/C(=C(\O)c2cccc(OCC(C)C)c2)C1c1ccc(Cl)cc1. The van der Waals surface area contributed by atoms with E-state index >= 15 is 0 Å². The Labute approximate surface area is 193 Å². The van der Waals surface area contributed by atoms with Crippen molar-refractivity contribution in [2.45, 2.75) is 26.3 Å². The summed E-state index contributed by atoms with van der Waals surface area (Å²) in [6, 6.07) is 13.1. The van der Waals surface area contributed by atoms with Crippen molar-refractivity contribution < 1.29 is 24.2 Å². The van der Waals surface area contributed by atoms with Gasteiger partial charge in [0.05, 0.1) is 18.2 Å². The van der Waals surface area contributed by atoms with Crippen LogP contribution in [-0.4, -0.2) is 48.6 Å². The Hall–Kier alpha value is -2.83. The minimum atomic E-state index is -0.718. The molecule has 7 heteroatoms. The largest absolute Gasteiger partial charge is 0.507 e. The van der Waals surface area contributed by atoms with E-state index in [1.165, 1.54) is 4.90 Å². The van der Waals surface area contributed by atoms with E-state index in [0.29, 0.717) is 54.0 Å². The minimum absolute atomic E-state index is 0.0516. The summed E-state index contributed by atoms with van der Waals surface area (Å²) in [4.78, 5) is 27.4. The monoisotopic (exact) mass is 457 g/mol. The van der Waals surface area contributed by atoms with Crippen molar-refractivity contribution >= 4 is 29.1 Å². The van der Waals surface area contributed by atoms with E-state index in [9.17, 15) is 14.7 Å². The Balaban J connectivity index is 2.05. The maximum Gasteiger partial charge on any atom is 0.295 e. The molecule has 1 atom stereocenters. The molecule has 0 bridgehead atoms. The zero-order valence-corrected chi connectivity index (χ0v) is 19.3. The number of ketones is 1. The fraction of sp³-hybridized carbons (Fsp3) is 0.360. The van der Waals surface area contributed by atoms with Gasteiger partial charge in [0.1, 0.15) is 11.5 Å². The molecule has 1 aliphatic rings. The van der Waals surface area contributed by atoms with Crippen molar-refractivity contribution in [3.8, 4) is 5.75 Å². The highest BCUT2D eigenvalue weighted by molar-refractivity contribution is 6.46. The number of benzene rings is 2. The van der Waals surface area contributed by atoms with Gasteiger partial charge in [0.25, 0.3) is 11.7 Å². The Bertz CT molecular complexity index is 1000. The predicted molar refractivity (Wildman–Crippen MR) is 124 cm³/mol. The van der Waals surface area contributed by atoms with Gasteiger partial charge in [-0.3, -0.25) is 9.59 Å². The fourth-order valence-electron chi connectivity index (χ4n) is 3.63. The van der Waals surface area contributed by atoms with Crippen molar-refractivity contribution in [2.75, 3.05) is 26.9 Å². The summed E-state index contributed by atoms with van der Waals surface area (Å²) in [7, 11) is 1.58. The predicted octanol–water partition coefficient (Wildman–Crippen LogP) is 4.83. The van der Waals surface area contributed by atoms with Crippen LogP contribution in [0.25, 0.3) is 5.76 Å². The van der Waals surface area contributed by atoms with E-state index in [4.69, 9.17) is 21.1 Å². The molecular formula is C25H28ClNO5. The summed E-state index contributed by atoms with van der Waals surface area (Å²) in [6.07, 6.45) is 0.562. The first-order chi connectivity index (χ1) is 15.3. The molecule has 0 saturated carbocycles. The Kier molecular flexibility index (Phi) is 7.94. The van der Waals surface area contributed by atoms with E-state index in [-0.39, 0.29) is 11.3 Å². The van der Waals surface area contributed by atoms with Crippen LogP contribution in [0, 0.1) is 5.92 Å². The number of likely N-dealkylation sites (tertiary alicyclic amines) is 1. The number of rotatable bonds is 9. The number of amides is 1. The molecule has 6 nitrogen and oxygen atoms in total. The molecule has 170 valence electrons. The number of nitrogens with zero attached hydrogens (tertiary/aromatic N) is 1. The van der Waals surface area contributed by atoms with Crippen molar-refractivity contribution in [3.05, 3.63) is 70.3 Å². The summed E-state index contributed by atoms with van der Waals surface area (Å²) in [6.45, 7) is 5.38. The number of ether oxygens (including phenoxy) is 2. The Morgan fingerprint density at radius 1 is 1.16 bits per heavy atom. The van der Waals surface area contributed by atoms with Gasteiger partial charge in [-0.05, 0) is 42.2 Å². The molecule has 1 fully saturated rings. The van der Waals surface area contributed by atoms with Gasteiger partial charge in [-0.25, -0.2) is 0 Å². The average molecular weight is 458 g/mol. The zero-order chi connectivity index (χ0) is 23.3. The van der Waals surface area contributed by atoms with Crippen molar-refractivity contribution in [1.82, 2.24) is 4.90 Å². The van der Waals surface area contributed by atoms with Gasteiger partial charge in [-0.1, -0.05) is 49.7 Å². The molecule has 0 aromatic heterocycles. The normalized spacial score (nSPS) is 17.9.